The molecule has 0 aromatic heterocycles. The molecule has 0 radical (unpaired) electrons. The minimum atomic E-state index is 0.584. The summed E-state index contributed by atoms with van der Waals surface area (Å²) in [4.78, 5) is 13.7. The van der Waals surface area contributed by atoms with Crippen molar-refractivity contribution in [3.8, 4) is 0 Å². The number of rotatable bonds is 2. The van der Waals surface area contributed by atoms with E-state index in [4.69, 9.17) is 11.6 Å². The molecule has 1 heterocycles. The van der Waals surface area contributed by atoms with Crippen molar-refractivity contribution in [2.24, 2.45) is 5.92 Å². The van der Waals surface area contributed by atoms with E-state index in [1.165, 1.54) is 38.5 Å². The molecule has 3 rings (SSSR count). The van der Waals surface area contributed by atoms with Gasteiger partial charge in [-0.2, -0.15) is 0 Å². The maximum absolute atomic E-state index is 11.3. The summed E-state index contributed by atoms with van der Waals surface area (Å²) in [5.41, 5.74) is 1.70. The van der Waals surface area contributed by atoms with Crippen LogP contribution in [-0.4, -0.2) is 18.9 Å². The molecular weight excluding hydrogens is 258 g/mol. The third kappa shape index (κ3) is 2.38. The predicted octanol–water partition coefficient (Wildman–Crippen LogP) is 4.31. The highest BCUT2D eigenvalue weighted by Crippen LogP contribution is 2.40. The highest BCUT2D eigenvalue weighted by Gasteiger charge is 2.34. The van der Waals surface area contributed by atoms with Crippen molar-refractivity contribution in [1.82, 2.24) is 0 Å². The molecule has 1 saturated carbocycles. The number of hydrogen-bond donors (Lipinski definition) is 0. The first-order chi connectivity index (χ1) is 9.31. The number of para-hydroxylation sites is 1. The summed E-state index contributed by atoms with van der Waals surface area (Å²) in [6.45, 7) is 1.03. The van der Waals surface area contributed by atoms with Gasteiger partial charge in [0.1, 0.15) is 0 Å². The van der Waals surface area contributed by atoms with Crippen molar-refractivity contribution in [2.75, 3.05) is 11.4 Å². The summed E-state index contributed by atoms with van der Waals surface area (Å²) >= 11 is 6.37. The summed E-state index contributed by atoms with van der Waals surface area (Å²) in [6, 6.07) is 6.22. The van der Waals surface area contributed by atoms with Crippen molar-refractivity contribution in [3.05, 3.63) is 28.8 Å². The third-order valence-corrected chi connectivity index (χ3v) is 4.98. The standard InChI is InChI=1S/C16H20ClNO/c17-14-8-3-6-13(11-19)16(14)18-10-4-7-12-5-1-2-9-15(12)18/h3,6,8,11-12,15H,1-2,4-5,7,9-10H2. The van der Waals surface area contributed by atoms with Crippen LogP contribution < -0.4 is 4.90 Å². The SMILES string of the molecule is O=Cc1cccc(Cl)c1N1CCCC2CCCCC21. The molecule has 1 aliphatic carbocycles. The van der Waals surface area contributed by atoms with Crippen molar-refractivity contribution in [1.29, 1.82) is 0 Å². The largest absolute Gasteiger partial charge is 0.366 e. The predicted molar refractivity (Wildman–Crippen MR) is 79.2 cm³/mol. The minimum absolute atomic E-state index is 0.584. The van der Waals surface area contributed by atoms with Crippen molar-refractivity contribution in [2.45, 2.75) is 44.6 Å². The van der Waals surface area contributed by atoms with Crippen molar-refractivity contribution in [3.63, 3.8) is 0 Å². The van der Waals surface area contributed by atoms with Gasteiger partial charge in [0.2, 0.25) is 0 Å². The first-order valence-electron chi connectivity index (χ1n) is 7.31. The zero-order valence-electron chi connectivity index (χ0n) is 11.1. The molecule has 1 aliphatic heterocycles. The maximum Gasteiger partial charge on any atom is 0.152 e. The molecule has 1 aromatic rings. The lowest BCUT2D eigenvalue weighted by atomic mass is 9.78. The Morgan fingerprint density at radius 2 is 1.95 bits per heavy atom. The molecule has 1 aromatic carbocycles. The van der Waals surface area contributed by atoms with Gasteiger partial charge in [-0.3, -0.25) is 4.79 Å². The van der Waals surface area contributed by atoms with Gasteiger partial charge in [0.25, 0.3) is 0 Å². The normalized spacial score (nSPS) is 26.9. The number of anilines is 1. The van der Waals surface area contributed by atoms with Gasteiger partial charge in [0.15, 0.2) is 6.29 Å². The van der Waals surface area contributed by atoms with E-state index in [0.29, 0.717) is 6.04 Å². The Morgan fingerprint density at radius 3 is 2.79 bits per heavy atom. The van der Waals surface area contributed by atoms with Crippen LogP contribution in [0, 0.1) is 5.92 Å². The van der Waals surface area contributed by atoms with Crippen molar-refractivity contribution >= 4 is 23.6 Å². The van der Waals surface area contributed by atoms with Gasteiger partial charge in [0, 0.05) is 18.2 Å². The highest BCUT2D eigenvalue weighted by molar-refractivity contribution is 6.34. The topological polar surface area (TPSA) is 20.3 Å². The van der Waals surface area contributed by atoms with Crippen LogP contribution in [0.15, 0.2) is 18.2 Å². The number of carbonyl (C=O) groups is 1. The van der Waals surface area contributed by atoms with Gasteiger partial charge < -0.3 is 4.90 Å². The lowest BCUT2D eigenvalue weighted by molar-refractivity contribution is 0.112. The number of hydrogen-bond acceptors (Lipinski definition) is 2. The molecule has 2 unspecified atom stereocenters. The molecule has 2 nitrogen and oxygen atoms in total. The van der Waals surface area contributed by atoms with Crippen LogP contribution in [0.2, 0.25) is 5.02 Å². The number of piperidine rings is 1. The lowest BCUT2D eigenvalue weighted by Gasteiger charge is -2.46. The third-order valence-electron chi connectivity index (χ3n) is 4.68. The molecule has 2 atom stereocenters. The lowest BCUT2D eigenvalue weighted by Crippen LogP contribution is -2.47. The number of halogens is 1. The first-order valence-corrected chi connectivity index (χ1v) is 7.69. The molecule has 102 valence electrons. The second kappa shape index (κ2) is 5.54. The van der Waals surface area contributed by atoms with E-state index in [-0.39, 0.29) is 0 Å². The van der Waals surface area contributed by atoms with E-state index in [1.807, 2.05) is 18.2 Å². The molecule has 2 fully saturated rings. The molecular formula is C16H20ClNO. The fraction of sp³-hybridized carbons (Fsp3) is 0.562. The molecule has 19 heavy (non-hydrogen) atoms. The van der Waals surface area contributed by atoms with E-state index < -0.39 is 0 Å². The second-order valence-corrected chi connectivity index (χ2v) is 6.15. The Kier molecular flexibility index (Phi) is 3.79. The van der Waals surface area contributed by atoms with Crippen LogP contribution in [0.25, 0.3) is 0 Å². The Hall–Kier alpha value is -1.02. The van der Waals surface area contributed by atoms with Crippen molar-refractivity contribution < 1.29 is 4.79 Å². The number of fused-ring (bicyclic) bond motifs is 1. The first kappa shape index (κ1) is 13.0. The molecule has 0 spiro atoms. The number of carbonyl (C=O) groups excluding carboxylic acids is 1. The second-order valence-electron chi connectivity index (χ2n) is 5.74. The quantitative estimate of drug-likeness (QED) is 0.751. The molecule has 1 saturated heterocycles. The Labute approximate surface area is 119 Å². The summed E-state index contributed by atoms with van der Waals surface area (Å²) in [7, 11) is 0. The molecule has 2 aliphatic rings. The Balaban J connectivity index is 1.98. The highest BCUT2D eigenvalue weighted by atomic mass is 35.5. The average molecular weight is 278 g/mol. The minimum Gasteiger partial charge on any atom is -0.366 e. The van der Waals surface area contributed by atoms with E-state index >= 15 is 0 Å². The molecule has 0 N–H and O–H groups in total. The zero-order chi connectivity index (χ0) is 13.2. The summed E-state index contributed by atoms with van der Waals surface area (Å²) in [5.74, 6) is 0.790. The van der Waals surface area contributed by atoms with Gasteiger partial charge in [-0.1, -0.05) is 30.5 Å². The van der Waals surface area contributed by atoms with E-state index in [2.05, 4.69) is 4.90 Å². The van der Waals surface area contributed by atoms with Gasteiger partial charge in [-0.15, -0.1) is 0 Å². The smallest absolute Gasteiger partial charge is 0.152 e. The molecule has 3 heteroatoms. The van der Waals surface area contributed by atoms with Crippen LogP contribution >= 0.6 is 11.6 Å². The fourth-order valence-corrected chi connectivity index (χ4v) is 4.12. The fourth-order valence-electron chi connectivity index (χ4n) is 3.83. The van der Waals surface area contributed by atoms with Gasteiger partial charge >= 0.3 is 0 Å². The van der Waals surface area contributed by atoms with Crippen LogP contribution in [0.5, 0.6) is 0 Å². The van der Waals surface area contributed by atoms with Crippen LogP contribution in [0.1, 0.15) is 48.9 Å². The summed E-state index contributed by atoms with van der Waals surface area (Å²) in [5, 5.41) is 0.718. The summed E-state index contributed by atoms with van der Waals surface area (Å²) in [6.07, 6.45) is 8.73. The van der Waals surface area contributed by atoms with Gasteiger partial charge in [-0.05, 0) is 43.7 Å². The molecule has 0 bridgehead atoms. The van der Waals surface area contributed by atoms with Crippen LogP contribution in [0.4, 0.5) is 5.69 Å². The number of aldehydes is 1. The van der Waals surface area contributed by atoms with E-state index in [1.54, 1.807) is 0 Å². The summed E-state index contributed by atoms with van der Waals surface area (Å²) < 4.78 is 0. The monoisotopic (exact) mass is 277 g/mol. The van der Waals surface area contributed by atoms with E-state index in [9.17, 15) is 4.79 Å². The molecule has 0 amide bonds. The van der Waals surface area contributed by atoms with Gasteiger partial charge in [-0.25, -0.2) is 0 Å². The Bertz CT molecular complexity index is 472. The zero-order valence-corrected chi connectivity index (χ0v) is 11.9. The average Bonchev–Trinajstić information content (AvgIpc) is 2.46. The van der Waals surface area contributed by atoms with E-state index in [0.717, 1.165) is 35.0 Å². The number of benzene rings is 1. The maximum atomic E-state index is 11.3. The Morgan fingerprint density at radius 1 is 1.16 bits per heavy atom. The number of nitrogens with zero attached hydrogens (tertiary/aromatic N) is 1. The van der Waals surface area contributed by atoms with Crippen LogP contribution in [0.3, 0.4) is 0 Å². The van der Waals surface area contributed by atoms with Crippen LogP contribution in [-0.2, 0) is 0 Å². The van der Waals surface area contributed by atoms with Gasteiger partial charge in [0.05, 0.1) is 10.7 Å².